The minimum atomic E-state index is -0.460. The van der Waals surface area contributed by atoms with Gasteiger partial charge in [-0.3, -0.25) is 9.69 Å². The Hall–Kier alpha value is -4.46. The summed E-state index contributed by atoms with van der Waals surface area (Å²) in [7, 11) is 1.56. The molecular formula is C29H30N4O4. The normalized spacial score (nSPS) is 14.0. The van der Waals surface area contributed by atoms with E-state index in [0.29, 0.717) is 23.7 Å². The van der Waals surface area contributed by atoms with Gasteiger partial charge in [0.05, 0.1) is 36.1 Å². The molecule has 1 atom stereocenters. The highest BCUT2D eigenvalue weighted by Crippen LogP contribution is 2.42. The molecule has 0 aliphatic carbocycles. The van der Waals surface area contributed by atoms with Crippen LogP contribution < -0.4 is 15.0 Å². The second-order valence-electron chi connectivity index (χ2n) is 8.88. The number of benzene rings is 2. The van der Waals surface area contributed by atoms with Crippen molar-refractivity contribution < 1.29 is 18.7 Å². The van der Waals surface area contributed by atoms with Gasteiger partial charge in [0.25, 0.3) is 0 Å². The Morgan fingerprint density at radius 2 is 1.78 bits per heavy atom. The zero-order valence-corrected chi connectivity index (χ0v) is 21.0. The Bertz CT molecular complexity index is 1380. The van der Waals surface area contributed by atoms with E-state index in [1.54, 1.807) is 35.3 Å². The molecule has 2 aromatic heterocycles. The number of urea groups is 1. The van der Waals surface area contributed by atoms with Crippen LogP contribution in [0.25, 0.3) is 5.69 Å². The number of hydrogen-bond acceptors (Lipinski definition) is 4. The third-order valence-electron chi connectivity index (χ3n) is 6.54. The summed E-state index contributed by atoms with van der Waals surface area (Å²) in [5.74, 6) is 1.01. The molecule has 37 heavy (non-hydrogen) atoms. The van der Waals surface area contributed by atoms with Crippen LogP contribution in [0.15, 0.2) is 89.7 Å². The minimum Gasteiger partial charge on any atom is -0.495 e. The van der Waals surface area contributed by atoms with E-state index in [-0.39, 0.29) is 18.5 Å². The first-order valence-electron chi connectivity index (χ1n) is 12.4. The number of carbonyl (C=O) groups is 2. The Kier molecular flexibility index (Phi) is 6.98. The SMILES string of the molecule is CCCCN(CC(=O)N1c2ccccc2-n2cccc2C1c1ccco1)C(=O)Nc1ccccc1OC. The summed E-state index contributed by atoms with van der Waals surface area (Å²) in [5.41, 5.74) is 3.13. The average molecular weight is 499 g/mol. The van der Waals surface area contributed by atoms with Crippen molar-refractivity contribution in [2.75, 3.05) is 30.4 Å². The smallest absolute Gasteiger partial charge is 0.322 e. The number of fused-ring (bicyclic) bond motifs is 3. The molecule has 0 spiro atoms. The highest BCUT2D eigenvalue weighted by atomic mass is 16.5. The molecular weight excluding hydrogens is 468 g/mol. The lowest BCUT2D eigenvalue weighted by atomic mass is 10.0. The number of para-hydroxylation sites is 4. The third kappa shape index (κ3) is 4.70. The van der Waals surface area contributed by atoms with E-state index in [4.69, 9.17) is 9.15 Å². The lowest BCUT2D eigenvalue weighted by molar-refractivity contribution is -0.119. The summed E-state index contributed by atoms with van der Waals surface area (Å²) in [6.07, 6.45) is 5.26. The fraction of sp³-hybridized carbons (Fsp3) is 0.241. The van der Waals surface area contributed by atoms with Crippen molar-refractivity contribution in [3.8, 4) is 11.4 Å². The fourth-order valence-electron chi connectivity index (χ4n) is 4.76. The maximum Gasteiger partial charge on any atom is 0.322 e. The van der Waals surface area contributed by atoms with Gasteiger partial charge in [0.1, 0.15) is 24.1 Å². The van der Waals surface area contributed by atoms with Crippen molar-refractivity contribution in [2.45, 2.75) is 25.8 Å². The van der Waals surface area contributed by atoms with Crippen LogP contribution in [0.3, 0.4) is 0 Å². The largest absolute Gasteiger partial charge is 0.495 e. The Morgan fingerprint density at radius 3 is 2.54 bits per heavy atom. The molecule has 4 aromatic rings. The summed E-state index contributed by atoms with van der Waals surface area (Å²) in [6.45, 7) is 2.41. The lowest BCUT2D eigenvalue weighted by Crippen LogP contribution is -2.48. The molecule has 0 fully saturated rings. The molecule has 8 nitrogen and oxygen atoms in total. The number of amides is 3. The number of anilines is 2. The van der Waals surface area contributed by atoms with Gasteiger partial charge >= 0.3 is 6.03 Å². The lowest BCUT2D eigenvalue weighted by Gasteiger charge is -2.38. The van der Waals surface area contributed by atoms with Gasteiger partial charge in [-0.15, -0.1) is 0 Å². The van der Waals surface area contributed by atoms with Gasteiger partial charge < -0.3 is 23.9 Å². The van der Waals surface area contributed by atoms with E-state index in [2.05, 4.69) is 16.8 Å². The van der Waals surface area contributed by atoms with E-state index >= 15 is 0 Å². The van der Waals surface area contributed by atoms with Gasteiger partial charge in [-0.05, 0) is 55.0 Å². The monoisotopic (exact) mass is 498 g/mol. The second-order valence-corrected chi connectivity index (χ2v) is 8.88. The Labute approximate surface area is 216 Å². The molecule has 1 N–H and O–H groups in total. The van der Waals surface area contributed by atoms with Crippen LogP contribution in [0, 0.1) is 0 Å². The summed E-state index contributed by atoms with van der Waals surface area (Å²) < 4.78 is 13.3. The summed E-state index contributed by atoms with van der Waals surface area (Å²) >= 11 is 0. The number of nitrogens with zero attached hydrogens (tertiary/aromatic N) is 3. The van der Waals surface area contributed by atoms with E-state index in [1.807, 2.05) is 66.9 Å². The molecule has 5 rings (SSSR count). The highest BCUT2D eigenvalue weighted by Gasteiger charge is 2.38. The minimum absolute atomic E-state index is 0.0900. The van der Waals surface area contributed by atoms with Crippen LogP contribution in [-0.2, 0) is 4.79 Å². The first kappa shape index (κ1) is 24.2. The molecule has 0 radical (unpaired) electrons. The summed E-state index contributed by atoms with van der Waals surface area (Å²) in [4.78, 5) is 30.8. The van der Waals surface area contributed by atoms with Crippen molar-refractivity contribution >= 4 is 23.3 Å². The van der Waals surface area contributed by atoms with Crippen LogP contribution >= 0.6 is 0 Å². The maximum atomic E-state index is 14.1. The Morgan fingerprint density at radius 1 is 1.00 bits per heavy atom. The molecule has 8 heteroatoms. The molecule has 1 aliphatic rings. The quantitative estimate of drug-likeness (QED) is 0.331. The standard InChI is InChI=1S/C29H30N4O4/c1-3-4-17-31(29(35)30-21-11-5-8-15-25(21)36-2)20-27(34)33-23-13-7-6-12-22(23)32-18-9-14-24(32)28(33)26-16-10-19-37-26/h5-16,18-19,28H,3-4,17,20H2,1-2H3,(H,30,35). The van der Waals surface area contributed by atoms with Gasteiger partial charge in [0, 0.05) is 12.7 Å². The maximum absolute atomic E-state index is 14.1. The number of aromatic nitrogens is 1. The molecule has 3 amide bonds. The van der Waals surface area contributed by atoms with Crippen molar-refractivity contribution in [3.05, 3.63) is 96.7 Å². The van der Waals surface area contributed by atoms with E-state index in [9.17, 15) is 9.59 Å². The van der Waals surface area contributed by atoms with Crippen LogP contribution in [0.2, 0.25) is 0 Å². The molecule has 3 heterocycles. The van der Waals surface area contributed by atoms with Crippen molar-refractivity contribution in [3.63, 3.8) is 0 Å². The number of methoxy groups -OCH3 is 1. The predicted octanol–water partition coefficient (Wildman–Crippen LogP) is 5.85. The second kappa shape index (κ2) is 10.7. The van der Waals surface area contributed by atoms with Crippen LogP contribution in [0.1, 0.15) is 37.3 Å². The van der Waals surface area contributed by atoms with Gasteiger partial charge in [0.15, 0.2) is 0 Å². The first-order valence-corrected chi connectivity index (χ1v) is 12.4. The van der Waals surface area contributed by atoms with Crippen LogP contribution in [-0.4, -0.2) is 41.6 Å². The zero-order chi connectivity index (χ0) is 25.8. The number of unbranched alkanes of at least 4 members (excludes halogenated alkanes) is 1. The molecule has 190 valence electrons. The number of hydrogen-bond donors (Lipinski definition) is 1. The number of carbonyl (C=O) groups excluding carboxylic acids is 2. The number of ether oxygens (including phenoxy) is 1. The Balaban J connectivity index is 1.48. The van der Waals surface area contributed by atoms with Gasteiger partial charge in [0.2, 0.25) is 5.91 Å². The molecule has 0 saturated carbocycles. The van der Waals surface area contributed by atoms with E-state index in [0.717, 1.165) is 29.9 Å². The highest BCUT2D eigenvalue weighted by molar-refractivity contribution is 6.01. The average Bonchev–Trinajstić information content (AvgIpc) is 3.63. The molecule has 1 unspecified atom stereocenters. The fourth-order valence-corrected chi connectivity index (χ4v) is 4.76. The number of rotatable bonds is 8. The van der Waals surface area contributed by atoms with Gasteiger partial charge in [-0.1, -0.05) is 37.6 Å². The third-order valence-corrected chi connectivity index (χ3v) is 6.54. The summed E-state index contributed by atoms with van der Waals surface area (Å²) in [5, 5.41) is 2.92. The predicted molar refractivity (Wildman–Crippen MR) is 142 cm³/mol. The number of nitrogens with one attached hydrogen (secondary N) is 1. The molecule has 0 bridgehead atoms. The molecule has 1 aliphatic heterocycles. The summed E-state index contributed by atoms with van der Waals surface area (Å²) in [6, 6.07) is 21.8. The van der Waals surface area contributed by atoms with Crippen LogP contribution in [0.4, 0.5) is 16.2 Å². The zero-order valence-electron chi connectivity index (χ0n) is 21.0. The van der Waals surface area contributed by atoms with Crippen molar-refractivity contribution in [2.24, 2.45) is 0 Å². The van der Waals surface area contributed by atoms with Crippen molar-refractivity contribution in [1.82, 2.24) is 9.47 Å². The van der Waals surface area contributed by atoms with Crippen LogP contribution in [0.5, 0.6) is 5.75 Å². The van der Waals surface area contributed by atoms with E-state index in [1.165, 1.54) is 0 Å². The van der Waals surface area contributed by atoms with Gasteiger partial charge in [-0.2, -0.15) is 0 Å². The molecule has 2 aromatic carbocycles. The van der Waals surface area contributed by atoms with Crippen molar-refractivity contribution in [1.29, 1.82) is 0 Å². The topological polar surface area (TPSA) is 80.0 Å². The van der Waals surface area contributed by atoms with E-state index < -0.39 is 6.04 Å². The first-order chi connectivity index (χ1) is 18.1. The molecule has 0 saturated heterocycles. The van der Waals surface area contributed by atoms with Gasteiger partial charge in [-0.25, -0.2) is 4.79 Å². The number of furan rings is 1.